The summed E-state index contributed by atoms with van der Waals surface area (Å²) < 4.78 is 0. The average Bonchev–Trinajstić information content (AvgIpc) is 2.99. The van der Waals surface area contributed by atoms with E-state index in [4.69, 9.17) is 0 Å². The van der Waals surface area contributed by atoms with Crippen molar-refractivity contribution >= 4 is 17.8 Å². The first-order valence-corrected chi connectivity index (χ1v) is 8.90. The molecule has 2 aromatic rings. The average molecular weight is 366 g/mol. The van der Waals surface area contributed by atoms with Gasteiger partial charge < -0.3 is 10.6 Å². The summed E-state index contributed by atoms with van der Waals surface area (Å²) in [5.41, 5.74) is 1.79. The molecule has 4 amide bonds. The van der Waals surface area contributed by atoms with Crippen LogP contribution >= 0.6 is 0 Å². The molecule has 1 aromatic carbocycles. The molecule has 1 fully saturated rings. The van der Waals surface area contributed by atoms with Crippen molar-refractivity contribution < 1.29 is 14.4 Å². The largest absolute Gasteiger partial charge is 0.352 e. The molecule has 7 nitrogen and oxygen atoms in total. The third-order valence-corrected chi connectivity index (χ3v) is 4.59. The topological polar surface area (TPSA) is 91.4 Å². The molecule has 1 aromatic heterocycles. The van der Waals surface area contributed by atoms with E-state index in [9.17, 15) is 14.4 Å². The number of urea groups is 1. The summed E-state index contributed by atoms with van der Waals surface area (Å²) in [5, 5.41) is 5.47. The number of amides is 4. The molecule has 0 bridgehead atoms. The number of aromatic nitrogens is 1. The van der Waals surface area contributed by atoms with Crippen LogP contribution in [-0.2, 0) is 16.1 Å². The zero-order valence-corrected chi connectivity index (χ0v) is 15.1. The Kier molecular flexibility index (Phi) is 5.80. The molecule has 0 saturated carbocycles. The van der Waals surface area contributed by atoms with Gasteiger partial charge in [0.15, 0.2) is 0 Å². The van der Waals surface area contributed by atoms with Crippen LogP contribution < -0.4 is 10.6 Å². The lowest BCUT2D eigenvalue weighted by atomic mass is 10.1. The van der Waals surface area contributed by atoms with Gasteiger partial charge >= 0.3 is 6.03 Å². The maximum absolute atomic E-state index is 12.6. The van der Waals surface area contributed by atoms with Gasteiger partial charge in [-0.05, 0) is 30.5 Å². The number of rotatable bonds is 7. The minimum absolute atomic E-state index is 0.157. The van der Waals surface area contributed by atoms with Crippen molar-refractivity contribution in [3.05, 3.63) is 66.0 Å². The van der Waals surface area contributed by atoms with Crippen LogP contribution in [0.2, 0.25) is 0 Å². The van der Waals surface area contributed by atoms with E-state index in [1.54, 1.807) is 18.5 Å². The first-order valence-electron chi connectivity index (χ1n) is 8.90. The van der Waals surface area contributed by atoms with Gasteiger partial charge in [-0.3, -0.25) is 19.5 Å². The lowest BCUT2D eigenvalue weighted by Gasteiger charge is -2.21. The summed E-state index contributed by atoms with van der Waals surface area (Å²) in [6, 6.07) is 11.6. The van der Waals surface area contributed by atoms with Crippen LogP contribution in [0.15, 0.2) is 54.9 Å². The van der Waals surface area contributed by atoms with E-state index in [1.807, 2.05) is 43.3 Å². The van der Waals surface area contributed by atoms with Crippen molar-refractivity contribution in [2.24, 2.45) is 0 Å². The second kappa shape index (κ2) is 8.44. The molecular formula is C20H22N4O3. The number of imide groups is 1. The molecule has 7 heteroatoms. The number of carbonyl (C=O) groups excluding carboxylic acids is 3. The van der Waals surface area contributed by atoms with Crippen molar-refractivity contribution in [2.45, 2.75) is 38.4 Å². The van der Waals surface area contributed by atoms with Gasteiger partial charge in [0.2, 0.25) is 5.91 Å². The van der Waals surface area contributed by atoms with E-state index in [-0.39, 0.29) is 30.7 Å². The summed E-state index contributed by atoms with van der Waals surface area (Å²) >= 11 is 0. The van der Waals surface area contributed by atoms with Crippen molar-refractivity contribution in [3.63, 3.8) is 0 Å². The maximum atomic E-state index is 12.6. The Balaban J connectivity index is 1.52. The Hall–Kier alpha value is -3.22. The summed E-state index contributed by atoms with van der Waals surface area (Å²) in [6.45, 7) is 2.20. The van der Waals surface area contributed by atoms with Crippen LogP contribution in [-0.4, -0.2) is 33.8 Å². The van der Waals surface area contributed by atoms with Crippen molar-refractivity contribution in [2.75, 3.05) is 0 Å². The van der Waals surface area contributed by atoms with Gasteiger partial charge in [0.05, 0.1) is 6.04 Å². The van der Waals surface area contributed by atoms with Gasteiger partial charge in [0, 0.05) is 25.4 Å². The standard InChI is InChI=1S/C20H22N4O3/c1-14(16-7-3-2-4-8-16)24-19(26)17(23-20(24)27)9-10-18(25)22-13-15-6-5-11-21-12-15/h2-8,11-12,14,17H,9-10,13H2,1H3,(H,22,25)(H,23,27)/t14-,17-/m1/s1. The zero-order valence-electron chi connectivity index (χ0n) is 15.1. The number of nitrogens with one attached hydrogen (secondary N) is 2. The molecule has 1 saturated heterocycles. The zero-order chi connectivity index (χ0) is 19.2. The predicted octanol–water partition coefficient (Wildman–Crippen LogP) is 2.16. The lowest BCUT2D eigenvalue weighted by molar-refractivity contribution is -0.129. The Morgan fingerprint density at radius 3 is 2.70 bits per heavy atom. The van der Waals surface area contributed by atoms with E-state index in [0.717, 1.165) is 11.1 Å². The second-order valence-electron chi connectivity index (χ2n) is 6.47. The Morgan fingerprint density at radius 2 is 2.00 bits per heavy atom. The van der Waals surface area contributed by atoms with Gasteiger partial charge in [-0.1, -0.05) is 36.4 Å². The maximum Gasteiger partial charge on any atom is 0.325 e. The lowest BCUT2D eigenvalue weighted by Crippen LogP contribution is -2.34. The van der Waals surface area contributed by atoms with Crippen molar-refractivity contribution in [1.29, 1.82) is 0 Å². The Bertz CT molecular complexity index is 810. The molecule has 2 N–H and O–H groups in total. The van der Waals surface area contributed by atoms with Crippen LogP contribution in [0, 0.1) is 0 Å². The molecule has 27 heavy (non-hydrogen) atoms. The molecule has 140 valence electrons. The van der Waals surface area contributed by atoms with Crippen LogP contribution in [0.25, 0.3) is 0 Å². The van der Waals surface area contributed by atoms with E-state index in [2.05, 4.69) is 15.6 Å². The Labute approximate surface area is 157 Å². The monoisotopic (exact) mass is 366 g/mol. The van der Waals surface area contributed by atoms with Gasteiger partial charge in [0.1, 0.15) is 6.04 Å². The smallest absolute Gasteiger partial charge is 0.325 e. The van der Waals surface area contributed by atoms with Crippen LogP contribution in [0.1, 0.15) is 36.9 Å². The summed E-state index contributed by atoms with van der Waals surface area (Å²) in [6.07, 6.45) is 3.78. The predicted molar refractivity (Wildman–Crippen MR) is 99.3 cm³/mol. The quantitative estimate of drug-likeness (QED) is 0.735. The normalized spacial score (nSPS) is 17.5. The van der Waals surface area contributed by atoms with Crippen LogP contribution in [0.4, 0.5) is 4.79 Å². The van der Waals surface area contributed by atoms with Crippen molar-refractivity contribution in [1.82, 2.24) is 20.5 Å². The summed E-state index contributed by atoms with van der Waals surface area (Å²) in [4.78, 5) is 42.1. The minimum Gasteiger partial charge on any atom is -0.352 e. The van der Waals surface area contributed by atoms with E-state index >= 15 is 0 Å². The molecule has 1 aliphatic rings. The third kappa shape index (κ3) is 4.49. The van der Waals surface area contributed by atoms with Crippen molar-refractivity contribution in [3.8, 4) is 0 Å². The number of benzene rings is 1. The molecule has 3 rings (SSSR count). The molecule has 0 aliphatic carbocycles. The highest BCUT2D eigenvalue weighted by Crippen LogP contribution is 2.25. The molecule has 2 heterocycles. The van der Waals surface area contributed by atoms with Gasteiger partial charge in [-0.15, -0.1) is 0 Å². The van der Waals surface area contributed by atoms with Gasteiger partial charge in [-0.25, -0.2) is 4.79 Å². The first kappa shape index (κ1) is 18.6. The third-order valence-electron chi connectivity index (χ3n) is 4.59. The van der Waals surface area contributed by atoms with Gasteiger partial charge in [-0.2, -0.15) is 0 Å². The fraction of sp³-hybridized carbons (Fsp3) is 0.300. The second-order valence-corrected chi connectivity index (χ2v) is 6.47. The number of hydrogen-bond acceptors (Lipinski definition) is 4. The highest BCUT2D eigenvalue weighted by atomic mass is 16.2. The van der Waals surface area contributed by atoms with Gasteiger partial charge in [0.25, 0.3) is 5.91 Å². The van der Waals surface area contributed by atoms with E-state index in [0.29, 0.717) is 6.54 Å². The fourth-order valence-electron chi connectivity index (χ4n) is 3.06. The van der Waals surface area contributed by atoms with Crippen LogP contribution in [0.3, 0.4) is 0 Å². The number of pyridine rings is 1. The van der Waals surface area contributed by atoms with E-state index < -0.39 is 12.1 Å². The molecule has 1 aliphatic heterocycles. The van der Waals surface area contributed by atoms with E-state index in [1.165, 1.54) is 4.90 Å². The highest BCUT2D eigenvalue weighted by molar-refractivity contribution is 6.04. The minimum atomic E-state index is -0.673. The molecular weight excluding hydrogens is 344 g/mol. The molecule has 0 radical (unpaired) electrons. The van der Waals surface area contributed by atoms with Crippen LogP contribution in [0.5, 0.6) is 0 Å². The Morgan fingerprint density at radius 1 is 1.22 bits per heavy atom. The summed E-state index contributed by atoms with van der Waals surface area (Å²) in [7, 11) is 0. The number of carbonyl (C=O) groups is 3. The fourth-order valence-corrected chi connectivity index (χ4v) is 3.06. The highest BCUT2D eigenvalue weighted by Gasteiger charge is 2.40. The molecule has 0 unspecified atom stereocenters. The number of hydrogen-bond donors (Lipinski definition) is 2. The first-order chi connectivity index (χ1) is 13.1. The SMILES string of the molecule is C[C@H](c1ccccc1)N1C(=O)N[C@H](CCC(=O)NCc2cccnc2)C1=O. The summed E-state index contributed by atoms with van der Waals surface area (Å²) in [5.74, 6) is -0.466. The molecule has 2 atom stereocenters. The molecule has 0 spiro atoms. The number of nitrogens with zero attached hydrogens (tertiary/aromatic N) is 2.